The lowest BCUT2D eigenvalue weighted by Crippen LogP contribution is -2.41. The molecule has 2 heterocycles. The van der Waals surface area contributed by atoms with Gasteiger partial charge in [0.1, 0.15) is 0 Å². The molecule has 0 bridgehead atoms. The Morgan fingerprint density at radius 1 is 1.38 bits per heavy atom. The number of aromatic nitrogens is 1. The predicted octanol–water partition coefficient (Wildman–Crippen LogP) is 1.97. The van der Waals surface area contributed by atoms with Crippen LogP contribution in [0.4, 0.5) is 0 Å². The highest BCUT2D eigenvalue weighted by molar-refractivity contribution is 5.78. The van der Waals surface area contributed by atoms with Crippen molar-refractivity contribution in [1.82, 2.24) is 15.2 Å². The third-order valence-electron chi connectivity index (χ3n) is 3.50. The van der Waals surface area contributed by atoms with Crippen molar-refractivity contribution in [2.45, 2.75) is 45.8 Å². The van der Waals surface area contributed by atoms with E-state index in [4.69, 9.17) is 4.74 Å². The second-order valence-electron chi connectivity index (χ2n) is 5.68. The van der Waals surface area contributed by atoms with Crippen molar-refractivity contribution >= 4 is 5.91 Å². The number of hydrogen-bond donors (Lipinski definition) is 1. The maximum Gasteiger partial charge on any atom is 0.236 e. The molecule has 1 amide bonds. The maximum absolute atomic E-state index is 12.1. The largest absolute Gasteiger partial charge is 0.475 e. The monoisotopic (exact) mass is 291 g/mol. The lowest BCUT2D eigenvalue weighted by atomic mass is 10.1. The highest BCUT2D eigenvalue weighted by Gasteiger charge is 2.16. The summed E-state index contributed by atoms with van der Waals surface area (Å²) in [4.78, 5) is 18.3. The number of rotatable bonds is 6. The minimum Gasteiger partial charge on any atom is -0.475 e. The molecule has 2 rings (SSSR count). The first-order chi connectivity index (χ1) is 10.2. The van der Waals surface area contributed by atoms with E-state index in [2.05, 4.69) is 10.3 Å². The Morgan fingerprint density at radius 2 is 2.14 bits per heavy atom. The van der Waals surface area contributed by atoms with Crippen molar-refractivity contribution in [3.8, 4) is 5.88 Å². The molecule has 5 nitrogen and oxygen atoms in total. The van der Waals surface area contributed by atoms with E-state index in [9.17, 15) is 4.79 Å². The molecule has 1 aliphatic rings. The van der Waals surface area contributed by atoms with Gasteiger partial charge in [0.2, 0.25) is 11.8 Å². The smallest absolute Gasteiger partial charge is 0.236 e. The lowest BCUT2D eigenvalue weighted by Gasteiger charge is -2.26. The predicted molar refractivity (Wildman–Crippen MR) is 82.1 cm³/mol. The number of piperidine rings is 1. The zero-order chi connectivity index (χ0) is 15.1. The quantitative estimate of drug-likeness (QED) is 0.870. The number of amides is 1. The molecule has 0 unspecified atom stereocenters. The summed E-state index contributed by atoms with van der Waals surface area (Å²) >= 11 is 0. The Balaban J connectivity index is 1.81. The average Bonchev–Trinajstić information content (AvgIpc) is 2.49. The molecule has 116 valence electrons. The van der Waals surface area contributed by atoms with Crippen LogP contribution in [-0.4, -0.2) is 41.5 Å². The van der Waals surface area contributed by atoms with Crippen LogP contribution in [0.2, 0.25) is 0 Å². The summed E-state index contributed by atoms with van der Waals surface area (Å²) in [6.45, 7) is 6.72. The molecular formula is C16H25N3O2. The van der Waals surface area contributed by atoms with E-state index < -0.39 is 0 Å². The van der Waals surface area contributed by atoms with Crippen LogP contribution in [0.1, 0.15) is 38.7 Å². The van der Waals surface area contributed by atoms with Crippen molar-refractivity contribution in [2.75, 3.05) is 19.6 Å². The first-order valence-corrected chi connectivity index (χ1v) is 7.76. The minimum atomic E-state index is 0.0913. The van der Waals surface area contributed by atoms with E-state index >= 15 is 0 Å². The van der Waals surface area contributed by atoms with Gasteiger partial charge in [-0.15, -0.1) is 0 Å². The zero-order valence-electron chi connectivity index (χ0n) is 13.0. The zero-order valence-corrected chi connectivity index (χ0v) is 13.0. The van der Waals surface area contributed by atoms with Crippen molar-refractivity contribution in [3.63, 3.8) is 0 Å². The van der Waals surface area contributed by atoms with E-state index in [1.54, 1.807) is 6.20 Å². The van der Waals surface area contributed by atoms with Crippen LogP contribution >= 0.6 is 0 Å². The van der Waals surface area contributed by atoms with Crippen LogP contribution in [0, 0.1) is 0 Å². The first-order valence-electron chi connectivity index (χ1n) is 7.76. The molecule has 1 aromatic heterocycles. The number of likely N-dealkylation sites (tertiary alicyclic amines) is 1. The Hall–Kier alpha value is -1.62. The standard InChI is InChI=1S/C16H25N3O2/c1-13(2)21-16-14(7-6-8-18-16)11-17-12-15(20)19-9-4-3-5-10-19/h6-8,13,17H,3-5,9-12H2,1-2H3. The normalized spacial score (nSPS) is 15.3. The van der Waals surface area contributed by atoms with Gasteiger partial charge < -0.3 is 15.0 Å². The van der Waals surface area contributed by atoms with Gasteiger partial charge in [-0.3, -0.25) is 4.79 Å². The fourth-order valence-electron chi connectivity index (χ4n) is 2.45. The van der Waals surface area contributed by atoms with Gasteiger partial charge in [0.15, 0.2) is 0 Å². The van der Waals surface area contributed by atoms with E-state index in [1.165, 1.54) is 6.42 Å². The summed E-state index contributed by atoms with van der Waals surface area (Å²) in [5.41, 5.74) is 0.984. The summed E-state index contributed by atoms with van der Waals surface area (Å²) in [6, 6.07) is 3.86. The van der Waals surface area contributed by atoms with Crippen LogP contribution in [0.5, 0.6) is 5.88 Å². The number of hydrogen-bond acceptors (Lipinski definition) is 4. The number of ether oxygens (including phenoxy) is 1. The summed E-state index contributed by atoms with van der Waals surface area (Å²) < 4.78 is 5.67. The number of pyridine rings is 1. The Bertz CT molecular complexity index is 457. The van der Waals surface area contributed by atoms with Gasteiger partial charge in [0, 0.05) is 31.4 Å². The van der Waals surface area contributed by atoms with E-state index in [0.717, 1.165) is 31.5 Å². The van der Waals surface area contributed by atoms with Crippen molar-refractivity contribution in [1.29, 1.82) is 0 Å². The highest BCUT2D eigenvalue weighted by Crippen LogP contribution is 2.15. The molecule has 1 N–H and O–H groups in total. The van der Waals surface area contributed by atoms with E-state index in [1.807, 2.05) is 30.9 Å². The summed E-state index contributed by atoms with van der Waals surface area (Å²) in [5.74, 6) is 0.829. The average molecular weight is 291 g/mol. The van der Waals surface area contributed by atoms with Gasteiger partial charge in [-0.1, -0.05) is 6.07 Å². The van der Waals surface area contributed by atoms with Crippen molar-refractivity contribution in [3.05, 3.63) is 23.9 Å². The van der Waals surface area contributed by atoms with Crippen molar-refractivity contribution < 1.29 is 9.53 Å². The van der Waals surface area contributed by atoms with Crippen LogP contribution < -0.4 is 10.1 Å². The number of carbonyl (C=O) groups is 1. The molecule has 0 saturated carbocycles. The molecule has 1 fully saturated rings. The van der Waals surface area contributed by atoms with Gasteiger partial charge in [-0.2, -0.15) is 0 Å². The van der Waals surface area contributed by atoms with Gasteiger partial charge >= 0.3 is 0 Å². The summed E-state index contributed by atoms with van der Waals surface area (Å²) in [7, 11) is 0. The summed E-state index contributed by atoms with van der Waals surface area (Å²) in [5, 5.41) is 3.20. The second kappa shape index (κ2) is 7.98. The van der Waals surface area contributed by atoms with E-state index in [0.29, 0.717) is 19.0 Å². The molecule has 1 aromatic rings. The third kappa shape index (κ3) is 5.01. The molecule has 21 heavy (non-hydrogen) atoms. The van der Waals surface area contributed by atoms with Crippen LogP contribution in [-0.2, 0) is 11.3 Å². The van der Waals surface area contributed by atoms with Gasteiger partial charge in [0.25, 0.3) is 0 Å². The van der Waals surface area contributed by atoms with Crippen LogP contribution in [0.25, 0.3) is 0 Å². The minimum absolute atomic E-state index is 0.0913. The number of nitrogens with one attached hydrogen (secondary N) is 1. The highest BCUT2D eigenvalue weighted by atomic mass is 16.5. The van der Waals surface area contributed by atoms with Gasteiger partial charge in [-0.05, 0) is 39.2 Å². The Kier molecular flexibility index (Phi) is 5.99. The van der Waals surface area contributed by atoms with Crippen molar-refractivity contribution in [2.24, 2.45) is 0 Å². The molecule has 1 saturated heterocycles. The van der Waals surface area contributed by atoms with E-state index in [-0.39, 0.29) is 12.0 Å². The molecule has 0 radical (unpaired) electrons. The number of carbonyl (C=O) groups excluding carboxylic acids is 1. The molecule has 1 aliphatic heterocycles. The number of nitrogens with zero attached hydrogens (tertiary/aromatic N) is 2. The summed E-state index contributed by atoms with van der Waals surface area (Å²) in [6.07, 6.45) is 5.30. The Morgan fingerprint density at radius 3 is 2.86 bits per heavy atom. The molecule has 0 spiro atoms. The Labute approximate surface area is 126 Å². The SMILES string of the molecule is CC(C)Oc1ncccc1CNCC(=O)N1CCCCC1. The van der Waals surface area contributed by atoms with Gasteiger partial charge in [0.05, 0.1) is 12.6 Å². The molecule has 5 heteroatoms. The molecule has 0 atom stereocenters. The fraction of sp³-hybridized carbons (Fsp3) is 0.625. The van der Waals surface area contributed by atoms with Gasteiger partial charge in [-0.25, -0.2) is 4.98 Å². The maximum atomic E-state index is 12.1. The molecule has 0 aromatic carbocycles. The molecular weight excluding hydrogens is 266 g/mol. The topological polar surface area (TPSA) is 54.5 Å². The first kappa shape index (κ1) is 15.8. The second-order valence-corrected chi connectivity index (χ2v) is 5.68. The fourth-order valence-corrected chi connectivity index (χ4v) is 2.45. The van der Waals surface area contributed by atoms with Crippen LogP contribution in [0.3, 0.4) is 0 Å². The van der Waals surface area contributed by atoms with Crippen LogP contribution in [0.15, 0.2) is 18.3 Å². The lowest BCUT2D eigenvalue weighted by molar-refractivity contribution is -0.131. The molecule has 0 aliphatic carbocycles. The third-order valence-corrected chi connectivity index (χ3v) is 3.50.